The first kappa shape index (κ1) is 20.3. The molecule has 0 saturated heterocycles. The molecule has 0 bridgehead atoms. The largest absolute Gasteiger partial charge is 0.332 e. The van der Waals surface area contributed by atoms with Crippen LogP contribution < -0.4 is 16.6 Å². The minimum Gasteiger partial charge on any atom is -0.325 e. The summed E-state index contributed by atoms with van der Waals surface area (Å²) in [5, 5.41) is 3.27. The fraction of sp³-hybridized carbons (Fsp3) is 0.619. The summed E-state index contributed by atoms with van der Waals surface area (Å²) in [5.74, 6) is 0.659. The van der Waals surface area contributed by atoms with Crippen LogP contribution in [-0.2, 0) is 18.9 Å². The highest BCUT2D eigenvalue weighted by Crippen LogP contribution is 2.33. The number of pyridine rings is 1. The van der Waals surface area contributed by atoms with Crippen LogP contribution in [0.2, 0.25) is 0 Å². The lowest BCUT2D eigenvalue weighted by atomic mass is 9.79. The van der Waals surface area contributed by atoms with Gasteiger partial charge in [0.05, 0.1) is 5.69 Å². The molecule has 1 aliphatic rings. The van der Waals surface area contributed by atoms with E-state index in [9.17, 15) is 14.4 Å². The Morgan fingerprint density at radius 2 is 1.86 bits per heavy atom. The number of fused-ring (bicyclic) bond motifs is 1. The van der Waals surface area contributed by atoms with Crippen molar-refractivity contribution < 1.29 is 4.79 Å². The lowest BCUT2D eigenvalue weighted by Gasteiger charge is -2.28. The number of amides is 1. The Morgan fingerprint density at radius 1 is 1.18 bits per heavy atom. The number of nitrogens with zero attached hydrogens (tertiary/aromatic N) is 3. The average Bonchev–Trinajstić information content (AvgIpc) is 2.70. The number of hydrogen-bond acceptors (Lipinski definition) is 4. The predicted octanol–water partition coefficient (Wildman–Crippen LogP) is 2.88. The van der Waals surface area contributed by atoms with Gasteiger partial charge in [-0.05, 0) is 44.1 Å². The van der Waals surface area contributed by atoms with Crippen molar-refractivity contribution in [2.75, 3.05) is 5.32 Å². The average molecular weight is 386 g/mol. The topological polar surface area (TPSA) is 86.0 Å². The van der Waals surface area contributed by atoms with Gasteiger partial charge in [0.2, 0.25) is 5.91 Å². The summed E-state index contributed by atoms with van der Waals surface area (Å²) in [6, 6.07) is 0. The van der Waals surface area contributed by atoms with Crippen molar-refractivity contribution in [2.45, 2.75) is 58.8 Å². The zero-order valence-electron chi connectivity index (χ0n) is 17.2. The SMILES string of the molecule is CCCCC1CCC(C(=O)Nc2c(C)cnc3c2c(=O)n(C)c(=O)n3C)CC1. The summed E-state index contributed by atoms with van der Waals surface area (Å²) in [7, 11) is 3.02. The second-order valence-corrected chi connectivity index (χ2v) is 8.07. The van der Waals surface area contributed by atoms with Crippen molar-refractivity contribution >= 4 is 22.6 Å². The molecule has 0 aromatic carbocycles. The monoisotopic (exact) mass is 386 g/mol. The van der Waals surface area contributed by atoms with Crippen LogP contribution >= 0.6 is 0 Å². The molecule has 152 valence electrons. The van der Waals surface area contributed by atoms with E-state index in [2.05, 4.69) is 17.2 Å². The highest BCUT2D eigenvalue weighted by atomic mass is 16.2. The number of aryl methyl sites for hydroxylation is 2. The summed E-state index contributed by atoms with van der Waals surface area (Å²) in [6.07, 6.45) is 9.27. The van der Waals surface area contributed by atoms with Crippen LogP contribution in [0.3, 0.4) is 0 Å². The maximum atomic E-state index is 12.9. The van der Waals surface area contributed by atoms with Gasteiger partial charge in [0.1, 0.15) is 5.39 Å². The molecule has 1 fully saturated rings. The summed E-state index contributed by atoms with van der Waals surface area (Å²) < 4.78 is 2.39. The van der Waals surface area contributed by atoms with Gasteiger partial charge in [-0.25, -0.2) is 9.78 Å². The third-order valence-electron chi connectivity index (χ3n) is 6.09. The molecule has 0 spiro atoms. The fourth-order valence-corrected chi connectivity index (χ4v) is 4.22. The quantitative estimate of drug-likeness (QED) is 0.856. The summed E-state index contributed by atoms with van der Waals surface area (Å²) >= 11 is 0. The number of carbonyl (C=O) groups excluding carboxylic acids is 1. The second-order valence-electron chi connectivity index (χ2n) is 8.07. The smallest absolute Gasteiger partial charge is 0.325 e. The van der Waals surface area contributed by atoms with Gasteiger partial charge in [-0.3, -0.25) is 18.7 Å². The molecule has 1 aliphatic carbocycles. The van der Waals surface area contributed by atoms with Crippen LogP contribution in [0, 0.1) is 18.8 Å². The van der Waals surface area contributed by atoms with E-state index < -0.39 is 11.2 Å². The number of aromatic nitrogens is 3. The number of rotatable bonds is 5. The number of anilines is 1. The van der Waals surface area contributed by atoms with Gasteiger partial charge < -0.3 is 5.32 Å². The third-order valence-corrected chi connectivity index (χ3v) is 6.09. The van der Waals surface area contributed by atoms with Gasteiger partial charge in [-0.15, -0.1) is 0 Å². The van der Waals surface area contributed by atoms with E-state index in [1.807, 2.05) is 6.92 Å². The summed E-state index contributed by atoms with van der Waals surface area (Å²) in [5.41, 5.74) is 0.606. The van der Waals surface area contributed by atoms with Crippen molar-refractivity contribution in [3.05, 3.63) is 32.6 Å². The number of nitrogens with one attached hydrogen (secondary N) is 1. The maximum absolute atomic E-state index is 12.9. The molecule has 7 nitrogen and oxygen atoms in total. The Balaban J connectivity index is 1.87. The fourth-order valence-electron chi connectivity index (χ4n) is 4.22. The van der Waals surface area contributed by atoms with Gasteiger partial charge in [0.15, 0.2) is 5.65 Å². The normalized spacial score (nSPS) is 19.7. The van der Waals surface area contributed by atoms with Gasteiger partial charge in [0, 0.05) is 26.2 Å². The van der Waals surface area contributed by atoms with Crippen LogP contribution in [0.1, 0.15) is 57.4 Å². The van der Waals surface area contributed by atoms with Crippen LogP contribution in [-0.4, -0.2) is 20.0 Å². The molecular formula is C21H30N4O3. The lowest BCUT2D eigenvalue weighted by Crippen LogP contribution is -2.38. The van der Waals surface area contributed by atoms with Crippen LogP contribution in [0.4, 0.5) is 5.69 Å². The molecule has 2 aromatic heterocycles. The van der Waals surface area contributed by atoms with E-state index in [0.29, 0.717) is 11.3 Å². The van der Waals surface area contributed by atoms with E-state index in [1.165, 1.54) is 30.9 Å². The van der Waals surface area contributed by atoms with Crippen molar-refractivity contribution in [1.29, 1.82) is 0 Å². The Bertz CT molecular complexity index is 997. The highest BCUT2D eigenvalue weighted by molar-refractivity contribution is 6.01. The van der Waals surface area contributed by atoms with Crippen LogP contribution in [0.25, 0.3) is 11.0 Å². The highest BCUT2D eigenvalue weighted by Gasteiger charge is 2.27. The van der Waals surface area contributed by atoms with Crippen molar-refractivity contribution in [2.24, 2.45) is 25.9 Å². The first-order chi connectivity index (χ1) is 13.3. The molecule has 0 atom stereocenters. The molecule has 7 heteroatoms. The Labute approximate surface area is 164 Å². The zero-order chi connectivity index (χ0) is 20.4. The molecule has 1 saturated carbocycles. The molecule has 2 heterocycles. The molecule has 0 unspecified atom stereocenters. The predicted molar refractivity (Wildman–Crippen MR) is 111 cm³/mol. The number of hydrogen-bond donors (Lipinski definition) is 1. The van der Waals surface area contributed by atoms with Crippen molar-refractivity contribution in [3.63, 3.8) is 0 Å². The molecule has 0 radical (unpaired) electrons. The molecule has 28 heavy (non-hydrogen) atoms. The minimum atomic E-state index is -0.437. The zero-order valence-corrected chi connectivity index (χ0v) is 17.2. The van der Waals surface area contributed by atoms with E-state index in [1.54, 1.807) is 13.2 Å². The first-order valence-corrected chi connectivity index (χ1v) is 10.2. The van der Waals surface area contributed by atoms with Gasteiger partial charge in [-0.1, -0.05) is 26.2 Å². The molecule has 0 aliphatic heterocycles. The summed E-state index contributed by atoms with van der Waals surface area (Å²) in [4.78, 5) is 42.1. The third kappa shape index (κ3) is 3.75. The molecule has 1 N–H and O–H groups in total. The molecule has 1 amide bonds. The number of carbonyl (C=O) groups is 1. The first-order valence-electron chi connectivity index (χ1n) is 10.2. The van der Waals surface area contributed by atoms with Crippen LogP contribution in [0.5, 0.6) is 0 Å². The van der Waals surface area contributed by atoms with E-state index in [0.717, 1.165) is 36.2 Å². The Morgan fingerprint density at radius 3 is 2.50 bits per heavy atom. The Hall–Kier alpha value is -2.44. The maximum Gasteiger partial charge on any atom is 0.332 e. The van der Waals surface area contributed by atoms with Gasteiger partial charge in [0.25, 0.3) is 5.56 Å². The van der Waals surface area contributed by atoms with Gasteiger partial charge in [-0.2, -0.15) is 0 Å². The minimum absolute atomic E-state index is 0.0307. The summed E-state index contributed by atoms with van der Waals surface area (Å²) in [6.45, 7) is 4.02. The van der Waals surface area contributed by atoms with Crippen molar-refractivity contribution in [3.8, 4) is 0 Å². The molecule has 3 rings (SSSR count). The van der Waals surface area contributed by atoms with E-state index in [-0.39, 0.29) is 22.9 Å². The molecule has 2 aromatic rings. The van der Waals surface area contributed by atoms with Gasteiger partial charge >= 0.3 is 5.69 Å². The van der Waals surface area contributed by atoms with Crippen LogP contribution in [0.15, 0.2) is 15.8 Å². The standard InChI is InChI=1S/C21H30N4O3/c1-5-6-7-14-8-10-15(11-9-14)19(26)23-17-13(2)12-22-18-16(17)20(27)25(4)21(28)24(18)3/h12,14-15H,5-11H2,1-4H3,(H,22,23,26). The Kier molecular flexibility index (Phi) is 6.01. The molecular weight excluding hydrogens is 356 g/mol. The number of unbranched alkanes of at least 4 members (excludes halogenated alkanes) is 1. The lowest BCUT2D eigenvalue weighted by molar-refractivity contribution is -0.121. The van der Waals surface area contributed by atoms with E-state index in [4.69, 9.17) is 0 Å². The second kappa shape index (κ2) is 8.29. The van der Waals surface area contributed by atoms with E-state index >= 15 is 0 Å². The van der Waals surface area contributed by atoms with Crippen molar-refractivity contribution in [1.82, 2.24) is 14.1 Å².